The first-order valence-electron chi connectivity index (χ1n) is 9.59. The number of piperazine rings is 1. The molecule has 2 aliphatic heterocycles. The van der Waals surface area contributed by atoms with Gasteiger partial charge in [-0.05, 0) is 29.8 Å². The second-order valence-electron chi connectivity index (χ2n) is 7.01. The molecule has 2 N–H and O–H groups in total. The average molecular weight is 422 g/mol. The van der Waals surface area contributed by atoms with Gasteiger partial charge in [-0.3, -0.25) is 9.69 Å². The van der Waals surface area contributed by atoms with Crippen molar-refractivity contribution < 1.29 is 18.7 Å². The number of ether oxygens (including phenoxy) is 2. The second-order valence-corrected chi connectivity index (χ2v) is 7.01. The van der Waals surface area contributed by atoms with Gasteiger partial charge in [0.1, 0.15) is 5.82 Å². The first-order chi connectivity index (χ1) is 13.7. The number of carbonyl (C=O) groups is 1. The third-order valence-electron chi connectivity index (χ3n) is 4.97. The van der Waals surface area contributed by atoms with Gasteiger partial charge in [0.2, 0.25) is 5.91 Å². The molecule has 1 atom stereocenters. The smallest absolute Gasteiger partial charge is 0.238 e. The van der Waals surface area contributed by atoms with Crippen LogP contribution in [0.15, 0.2) is 42.5 Å². The van der Waals surface area contributed by atoms with E-state index in [2.05, 4.69) is 15.5 Å². The van der Waals surface area contributed by atoms with Gasteiger partial charge in [0.05, 0.1) is 19.8 Å². The summed E-state index contributed by atoms with van der Waals surface area (Å²) in [6.45, 7) is 3.65. The fraction of sp³-hybridized carbons (Fsp3) is 0.381. The zero-order chi connectivity index (χ0) is 19.3. The minimum atomic E-state index is -0.264. The highest BCUT2D eigenvalue weighted by molar-refractivity contribution is 5.92. The number of nitrogens with one attached hydrogen (secondary N) is 2. The Labute approximate surface area is 175 Å². The van der Waals surface area contributed by atoms with Crippen LogP contribution in [0.5, 0.6) is 11.5 Å². The molecule has 2 aliphatic rings. The summed E-state index contributed by atoms with van der Waals surface area (Å²) in [4.78, 5) is 14.7. The van der Waals surface area contributed by atoms with Crippen LogP contribution < -0.4 is 20.1 Å². The van der Waals surface area contributed by atoms with Gasteiger partial charge >= 0.3 is 0 Å². The topological polar surface area (TPSA) is 62.8 Å². The van der Waals surface area contributed by atoms with Crippen molar-refractivity contribution in [3.05, 3.63) is 53.8 Å². The van der Waals surface area contributed by atoms with Crippen molar-refractivity contribution >= 4 is 24.0 Å². The Morgan fingerprint density at radius 2 is 2.00 bits per heavy atom. The van der Waals surface area contributed by atoms with E-state index in [1.807, 2.05) is 18.2 Å². The molecule has 6 nitrogen and oxygen atoms in total. The van der Waals surface area contributed by atoms with Crippen molar-refractivity contribution in [2.24, 2.45) is 0 Å². The molecule has 156 valence electrons. The van der Waals surface area contributed by atoms with Gasteiger partial charge in [-0.15, -0.1) is 12.4 Å². The lowest BCUT2D eigenvalue weighted by Crippen LogP contribution is -2.48. The van der Waals surface area contributed by atoms with E-state index >= 15 is 0 Å². The summed E-state index contributed by atoms with van der Waals surface area (Å²) in [5.74, 6) is 0.969. The lowest BCUT2D eigenvalue weighted by atomic mass is 10.0. The largest absolute Gasteiger partial charge is 0.490 e. The molecule has 1 amide bonds. The van der Waals surface area contributed by atoms with Crippen LogP contribution in [0.2, 0.25) is 0 Å². The molecule has 0 bridgehead atoms. The predicted octanol–water partition coefficient (Wildman–Crippen LogP) is 2.99. The summed E-state index contributed by atoms with van der Waals surface area (Å²) >= 11 is 0. The maximum Gasteiger partial charge on any atom is 0.238 e. The van der Waals surface area contributed by atoms with Gasteiger partial charge < -0.3 is 20.1 Å². The van der Waals surface area contributed by atoms with E-state index in [0.717, 1.165) is 25.1 Å². The molecular weight excluding hydrogens is 397 g/mol. The lowest BCUT2D eigenvalue weighted by molar-refractivity contribution is -0.118. The van der Waals surface area contributed by atoms with Crippen LogP contribution in [-0.4, -0.2) is 50.2 Å². The van der Waals surface area contributed by atoms with Gasteiger partial charge in [0.15, 0.2) is 11.5 Å². The summed E-state index contributed by atoms with van der Waals surface area (Å²) in [7, 11) is 0. The standard InChI is InChI=1S/C21H24FN3O3.ClH/c22-16-4-1-3-15(11-16)18-13-23-7-8-25(18)14-21(26)24-17-5-6-19-20(12-17)28-10-2-9-27-19;/h1,3-6,11-12,18,23H,2,7-10,13-14H2,(H,24,26);1H. The molecular formula is C21H25ClFN3O3. The van der Waals surface area contributed by atoms with E-state index in [1.165, 1.54) is 12.1 Å². The number of amides is 1. The van der Waals surface area contributed by atoms with Crippen LogP contribution in [0.1, 0.15) is 18.0 Å². The average Bonchev–Trinajstić information content (AvgIpc) is 2.93. The van der Waals surface area contributed by atoms with Crippen molar-refractivity contribution in [3.8, 4) is 11.5 Å². The molecule has 2 heterocycles. The minimum Gasteiger partial charge on any atom is -0.490 e. The SMILES string of the molecule is Cl.O=C(CN1CCNCC1c1cccc(F)c1)Nc1ccc2c(c1)OCCCO2. The quantitative estimate of drug-likeness (QED) is 0.794. The summed E-state index contributed by atoms with van der Waals surface area (Å²) < 4.78 is 24.9. The summed E-state index contributed by atoms with van der Waals surface area (Å²) in [5, 5.41) is 6.25. The lowest BCUT2D eigenvalue weighted by Gasteiger charge is -2.36. The monoisotopic (exact) mass is 421 g/mol. The van der Waals surface area contributed by atoms with Gasteiger partial charge in [0, 0.05) is 43.9 Å². The number of carbonyl (C=O) groups excluding carboxylic acids is 1. The van der Waals surface area contributed by atoms with Crippen LogP contribution >= 0.6 is 12.4 Å². The highest BCUT2D eigenvalue weighted by Gasteiger charge is 2.26. The Balaban J connectivity index is 0.00000240. The summed E-state index contributed by atoms with van der Waals surface area (Å²) in [5.41, 5.74) is 1.54. The zero-order valence-corrected chi connectivity index (χ0v) is 16.8. The fourth-order valence-corrected chi connectivity index (χ4v) is 3.60. The number of rotatable bonds is 4. The predicted molar refractivity (Wildman–Crippen MR) is 112 cm³/mol. The fourth-order valence-electron chi connectivity index (χ4n) is 3.60. The van der Waals surface area contributed by atoms with Gasteiger partial charge in [0.25, 0.3) is 0 Å². The van der Waals surface area contributed by atoms with E-state index in [4.69, 9.17) is 9.47 Å². The zero-order valence-electron chi connectivity index (χ0n) is 16.0. The number of hydrogen-bond acceptors (Lipinski definition) is 5. The Morgan fingerprint density at radius 3 is 2.83 bits per heavy atom. The normalized spacial score (nSPS) is 19.0. The third kappa shape index (κ3) is 5.38. The van der Waals surface area contributed by atoms with E-state index < -0.39 is 0 Å². The van der Waals surface area contributed by atoms with Crippen LogP contribution in [0.3, 0.4) is 0 Å². The molecule has 0 radical (unpaired) electrons. The maximum atomic E-state index is 13.6. The maximum absolute atomic E-state index is 13.6. The summed E-state index contributed by atoms with van der Waals surface area (Å²) in [6.07, 6.45) is 0.834. The molecule has 1 fully saturated rings. The molecule has 29 heavy (non-hydrogen) atoms. The molecule has 0 aromatic heterocycles. The van der Waals surface area contributed by atoms with Crippen molar-refractivity contribution in [1.29, 1.82) is 0 Å². The first-order valence-corrected chi connectivity index (χ1v) is 9.59. The van der Waals surface area contributed by atoms with Crippen molar-refractivity contribution in [2.45, 2.75) is 12.5 Å². The van der Waals surface area contributed by atoms with Crippen LogP contribution in [0.25, 0.3) is 0 Å². The van der Waals surface area contributed by atoms with Crippen molar-refractivity contribution in [3.63, 3.8) is 0 Å². The van der Waals surface area contributed by atoms with Crippen molar-refractivity contribution in [1.82, 2.24) is 10.2 Å². The van der Waals surface area contributed by atoms with Crippen LogP contribution in [0, 0.1) is 5.82 Å². The molecule has 2 aromatic carbocycles. The van der Waals surface area contributed by atoms with Gasteiger partial charge in [-0.25, -0.2) is 4.39 Å². The third-order valence-corrected chi connectivity index (χ3v) is 4.97. The Hall–Kier alpha value is -2.35. The number of halogens is 2. The highest BCUT2D eigenvalue weighted by atomic mass is 35.5. The Morgan fingerprint density at radius 1 is 1.17 bits per heavy atom. The molecule has 1 unspecified atom stereocenters. The number of anilines is 1. The molecule has 4 rings (SSSR count). The van der Waals surface area contributed by atoms with E-state index in [0.29, 0.717) is 36.9 Å². The minimum absolute atomic E-state index is 0. The van der Waals surface area contributed by atoms with Crippen molar-refractivity contribution in [2.75, 3.05) is 44.7 Å². The highest BCUT2D eigenvalue weighted by Crippen LogP contribution is 2.32. The second kappa shape index (κ2) is 9.91. The number of fused-ring (bicyclic) bond motifs is 1. The molecule has 0 aliphatic carbocycles. The van der Waals surface area contributed by atoms with Gasteiger partial charge in [-0.1, -0.05) is 12.1 Å². The first kappa shape index (κ1) is 21.4. The number of hydrogen-bond donors (Lipinski definition) is 2. The van der Waals surface area contributed by atoms with E-state index in [9.17, 15) is 9.18 Å². The van der Waals surface area contributed by atoms with Crippen LogP contribution in [0.4, 0.5) is 10.1 Å². The van der Waals surface area contributed by atoms with E-state index in [-0.39, 0.29) is 36.7 Å². The van der Waals surface area contributed by atoms with Gasteiger partial charge in [-0.2, -0.15) is 0 Å². The Kier molecular flexibility index (Phi) is 7.30. The molecule has 0 saturated carbocycles. The van der Waals surface area contributed by atoms with Crippen LogP contribution in [-0.2, 0) is 4.79 Å². The Bertz CT molecular complexity index is 852. The molecule has 1 saturated heterocycles. The molecule has 8 heteroatoms. The molecule has 0 spiro atoms. The number of benzene rings is 2. The number of nitrogens with zero attached hydrogens (tertiary/aromatic N) is 1. The summed E-state index contributed by atoms with van der Waals surface area (Å²) in [6, 6.07) is 11.9. The molecule has 2 aromatic rings. The van der Waals surface area contributed by atoms with E-state index in [1.54, 1.807) is 12.1 Å².